The number of hydrogen-bond acceptors (Lipinski definition) is 3. The van der Waals surface area contributed by atoms with Crippen LogP contribution in [0.4, 0.5) is 0 Å². The molecule has 0 aliphatic carbocycles. The molecule has 3 rings (SSSR count). The first-order chi connectivity index (χ1) is 8.24. The monoisotopic (exact) mass is 234 g/mol. The Bertz CT molecular complexity index is 404. The zero-order valence-electron chi connectivity index (χ0n) is 10.0. The van der Waals surface area contributed by atoms with Gasteiger partial charge in [0, 0.05) is 12.0 Å². The molecule has 1 aromatic rings. The standard InChI is InChI=1S/C14H18O3/c1-9-6-7-13(16-9)14-8-11(15)10-4-2-3-5-12(10)17-14/h2-5,9,11,13-15H,6-8H2,1H3/t9?,11-,13?,14?/m1/s1. The quantitative estimate of drug-likeness (QED) is 0.811. The van der Waals surface area contributed by atoms with Crippen LogP contribution in [-0.2, 0) is 4.74 Å². The van der Waals surface area contributed by atoms with Crippen molar-refractivity contribution >= 4 is 0 Å². The van der Waals surface area contributed by atoms with E-state index in [1.165, 1.54) is 0 Å². The minimum absolute atomic E-state index is 0.00940. The summed E-state index contributed by atoms with van der Waals surface area (Å²) in [5.74, 6) is 0.805. The first-order valence-electron chi connectivity index (χ1n) is 6.33. The van der Waals surface area contributed by atoms with Crippen molar-refractivity contribution in [2.24, 2.45) is 0 Å². The summed E-state index contributed by atoms with van der Waals surface area (Å²) in [4.78, 5) is 0. The van der Waals surface area contributed by atoms with E-state index in [2.05, 4.69) is 6.92 Å². The molecule has 0 amide bonds. The molecule has 2 heterocycles. The predicted octanol–water partition coefficient (Wildman–Crippen LogP) is 2.44. The van der Waals surface area contributed by atoms with Crippen molar-refractivity contribution < 1.29 is 14.6 Å². The summed E-state index contributed by atoms with van der Waals surface area (Å²) < 4.78 is 11.8. The smallest absolute Gasteiger partial charge is 0.128 e. The van der Waals surface area contributed by atoms with Crippen molar-refractivity contribution in [3.63, 3.8) is 0 Å². The van der Waals surface area contributed by atoms with Gasteiger partial charge in [0.2, 0.25) is 0 Å². The average Bonchev–Trinajstić information content (AvgIpc) is 2.76. The van der Waals surface area contributed by atoms with E-state index in [0.717, 1.165) is 24.2 Å². The van der Waals surface area contributed by atoms with Crippen LogP contribution in [0, 0.1) is 0 Å². The van der Waals surface area contributed by atoms with Gasteiger partial charge < -0.3 is 14.6 Å². The Morgan fingerprint density at radius 2 is 2.00 bits per heavy atom. The predicted molar refractivity (Wildman–Crippen MR) is 64.0 cm³/mol. The van der Waals surface area contributed by atoms with Gasteiger partial charge in [-0.2, -0.15) is 0 Å². The maximum atomic E-state index is 10.1. The Kier molecular flexibility index (Phi) is 2.81. The summed E-state index contributed by atoms with van der Waals surface area (Å²) in [5.41, 5.74) is 0.898. The SMILES string of the molecule is CC1CCC(C2C[C@@H](O)c3ccccc3O2)O1. The molecule has 0 aromatic heterocycles. The van der Waals surface area contributed by atoms with Gasteiger partial charge in [-0.05, 0) is 25.8 Å². The van der Waals surface area contributed by atoms with Gasteiger partial charge in [-0.3, -0.25) is 0 Å². The van der Waals surface area contributed by atoms with Gasteiger partial charge in [-0.15, -0.1) is 0 Å². The molecular formula is C14H18O3. The number of aliphatic hydroxyl groups is 1. The van der Waals surface area contributed by atoms with Crippen molar-refractivity contribution in [2.45, 2.75) is 50.6 Å². The third-order valence-electron chi connectivity index (χ3n) is 3.69. The average molecular weight is 234 g/mol. The van der Waals surface area contributed by atoms with E-state index in [-0.39, 0.29) is 12.2 Å². The molecule has 3 heteroatoms. The normalized spacial score (nSPS) is 36.4. The minimum atomic E-state index is -0.426. The Balaban J connectivity index is 1.79. The number of ether oxygens (including phenoxy) is 2. The van der Waals surface area contributed by atoms with Crippen molar-refractivity contribution in [3.8, 4) is 5.75 Å². The zero-order valence-corrected chi connectivity index (χ0v) is 10.0. The molecule has 0 saturated carbocycles. The number of para-hydroxylation sites is 1. The highest BCUT2D eigenvalue weighted by molar-refractivity contribution is 5.37. The number of fused-ring (bicyclic) bond motifs is 1. The lowest BCUT2D eigenvalue weighted by Gasteiger charge is -2.32. The molecule has 17 heavy (non-hydrogen) atoms. The molecule has 4 atom stereocenters. The van der Waals surface area contributed by atoms with Gasteiger partial charge in [0.25, 0.3) is 0 Å². The highest BCUT2D eigenvalue weighted by Crippen LogP contribution is 2.38. The fourth-order valence-electron chi connectivity index (χ4n) is 2.76. The Morgan fingerprint density at radius 3 is 2.76 bits per heavy atom. The van der Waals surface area contributed by atoms with E-state index in [4.69, 9.17) is 9.47 Å². The van der Waals surface area contributed by atoms with Crippen molar-refractivity contribution in [2.75, 3.05) is 0 Å². The number of hydrogen-bond donors (Lipinski definition) is 1. The van der Waals surface area contributed by atoms with E-state index in [0.29, 0.717) is 12.5 Å². The molecule has 92 valence electrons. The molecule has 1 aromatic carbocycles. The number of benzene rings is 1. The van der Waals surface area contributed by atoms with Crippen LogP contribution in [0.15, 0.2) is 24.3 Å². The summed E-state index contributed by atoms with van der Waals surface area (Å²) in [6, 6.07) is 7.71. The molecule has 0 bridgehead atoms. The molecule has 1 saturated heterocycles. The molecule has 0 radical (unpaired) electrons. The topological polar surface area (TPSA) is 38.7 Å². The first-order valence-corrected chi connectivity index (χ1v) is 6.33. The minimum Gasteiger partial charge on any atom is -0.487 e. The van der Waals surface area contributed by atoms with Gasteiger partial charge in [0.1, 0.15) is 11.9 Å². The van der Waals surface area contributed by atoms with Gasteiger partial charge in [0.05, 0.1) is 18.3 Å². The van der Waals surface area contributed by atoms with Crippen molar-refractivity contribution in [1.82, 2.24) is 0 Å². The number of aliphatic hydroxyl groups excluding tert-OH is 1. The molecule has 2 aliphatic rings. The molecule has 1 fully saturated rings. The van der Waals surface area contributed by atoms with Gasteiger partial charge in [0.15, 0.2) is 0 Å². The van der Waals surface area contributed by atoms with Gasteiger partial charge >= 0.3 is 0 Å². The van der Waals surface area contributed by atoms with Crippen molar-refractivity contribution in [3.05, 3.63) is 29.8 Å². The lowest BCUT2D eigenvalue weighted by Crippen LogP contribution is -2.36. The second-order valence-electron chi connectivity index (χ2n) is 5.01. The fourth-order valence-corrected chi connectivity index (χ4v) is 2.76. The Hall–Kier alpha value is -1.06. The van der Waals surface area contributed by atoms with E-state index in [1.807, 2.05) is 24.3 Å². The summed E-state index contributed by atoms with van der Waals surface area (Å²) in [6.45, 7) is 2.09. The van der Waals surface area contributed by atoms with Crippen molar-refractivity contribution in [1.29, 1.82) is 0 Å². The molecule has 3 nitrogen and oxygen atoms in total. The van der Waals surface area contributed by atoms with E-state index in [1.54, 1.807) is 0 Å². The molecule has 2 aliphatic heterocycles. The Labute approximate surface area is 101 Å². The maximum absolute atomic E-state index is 10.1. The van der Waals surface area contributed by atoms with E-state index < -0.39 is 6.10 Å². The lowest BCUT2D eigenvalue weighted by atomic mass is 9.95. The summed E-state index contributed by atoms with van der Waals surface area (Å²) in [7, 11) is 0. The van der Waals surface area contributed by atoms with Crippen LogP contribution in [0.25, 0.3) is 0 Å². The second-order valence-corrected chi connectivity index (χ2v) is 5.01. The molecule has 1 N–H and O–H groups in total. The largest absolute Gasteiger partial charge is 0.487 e. The molecule has 0 spiro atoms. The van der Waals surface area contributed by atoms with Crippen LogP contribution < -0.4 is 4.74 Å². The third kappa shape index (κ3) is 2.05. The van der Waals surface area contributed by atoms with Gasteiger partial charge in [-0.1, -0.05) is 18.2 Å². The summed E-state index contributed by atoms with van der Waals surface area (Å²) in [6.07, 6.45) is 2.76. The first kappa shape index (κ1) is 11.1. The molecule has 3 unspecified atom stereocenters. The van der Waals surface area contributed by atoms with Crippen LogP contribution in [0.3, 0.4) is 0 Å². The summed E-state index contributed by atoms with van der Waals surface area (Å²) in [5, 5.41) is 10.1. The zero-order chi connectivity index (χ0) is 11.8. The van der Waals surface area contributed by atoms with Crippen LogP contribution in [0.1, 0.15) is 37.9 Å². The highest BCUT2D eigenvalue weighted by atomic mass is 16.6. The number of rotatable bonds is 1. The van der Waals surface area contributed by atoms with Crippen LogP contribution >= 0.6 is 0 Å². The summed E-state index contributed by atoms with van der Waals surface area (Å²) >= 11 is 0. The van der Waals surface area contributed by atoms with E-state index >= 15 is 0 Å². The molecular weight excluding hydrogens is 216 g/mol. The van der Waals surface area contributed by atoms with Gasteiger partial charge in [-0.25, -0.2) is 0 Å². The second kappa shape index (κ2) is 4.31. The fraction of sp³-hybridized carbons (Fsp3) is 0.571. The van der Waals surface area contributed by atoms with Crippen LogP contribution in [0.5, 0.6) is 5.75 Å². The van der Waals surface area contributed by atoms with E-state index in [9.17, 15) is 5.11 Å². The lowest BCUT2D eigenvalue weighted by molar-refractivity contribution is -0.0465. The Morgan fingerprint density at radius 1 is 1.18 bits per heavy atom. The van der Waals surface area contributed by atoms with Crippen LogP contribution in [-0.4, -0.2) is 23.4 Å². The maximum Gasteiger partial charge on any atom is 0.128 e. The highest BCUT2D eigenvalue weighted by Gasteiger charge is 2.36. The third-order valence-corrected chi connectivity index (χ3v) is 3.69. The van der Waals surface area contributed by atoms with Crippen LogP contribution in [0.2, 0.25) is 0 Å².